The smallest absolute Gasteiger partial charge is 0.146 e. The van der Waals surface area contributed by atoms with E-state index in [4.69, 9.17) is 11.1 Å². The Morgan fingerprint density at radius 2 is 2.11 bits per heavy atom. The molecule has 0 unspecified atom stereocenters. The van der Waals surface area contributed by atoms with E-state index in [9.17, 15) is 4.39 Å². The summed E-state index contributed by atoms with van der Waals surface area (Å²) in [7, 11) is 0. The number of para-hydroxylation sites is 1. The fourth-order valence-corrected chi connectivity index (χ4v) is 1.90. The molecule has 5 heteroatoms. The average molecular weight is 258 g/mol. The van der Waals surface area contributed by atoms with Gasteiger partial charge in [-0.1, -0.05) is 12.1 Å². The topological polar surface area (TPSA) is 66.0 Å². The number of aromatic nitrogens is 1. The van der Waals surface area contributed by atoms with Gasteiger partial charge >= 0.3 is 0 Å². The molecule has 4 nitrogen and oxygen atoms in total. The molecule has 0 saturated carbocycles. The molecule has 0 saturated heterocycles. The number of pyridine rings is 1. The fourth-order valence-electron chi connectivity index (χ4n) is 1.90. The molecule has 3 N–H and O–H groups in total. The third-order valence-corrected chi connectivity index (χ3v) is 2.79. The van der Waals surface area contributed by atoms with Gasteiger partial charge in [-0.25, -0.2) is 4.39 Å². The van der Waals surface area contributed by atoms with Crippen molar-refractivity contribution in [3.8, 4) is 0 Å². The van der Waals surface area contributed by atoms with E-state index in [-0.39, 0.29) is 11.7 Å². The second-order valence-corrected chi connectivity index (χ2v) is 4.01. The molecule has 1 aromatic heterocycles. The van der Waals surface area contributed by atoms with Crippen molar-refractivity contribution >= 4 is 17.2 Å². The predicted molar refractivity (Wildman–Crippen MR) is 74.3 cm³/mol. The number of halogens is 1. The lowest BCUT2D eigenvalue weighted by Crippen LogP contribution is -2.19. The highest BCUT2D eigenvalue weighted by Gasteiger charge is 2.12. The van der Waals surface area contributed by atoms with Crippen LogP contribution in [-0.4, -0.2) is 17.4 Å². The van der Waals surface area contributed by atoms with E-state index in [0.29, 0.717) is 17.9 Å². The summed E-state index contributed by atoms with van der Waals surface area (Å²) in [5.41, 5.74) is 7.05. The van der Waals surface area contributed by atoms with Crippen molar-refractivity contribution in [2.24, 2.45) is 5.73 Å². The van der Waals surface area contributed by atoms with Gasteiger partial charge in [0, 0.05) is 18.4 Å². The minimum atomic E-state index is -0.287. The zero-order valence-electron chi connectivity index (χ0n) is 10.6. The van der Waals surface area contributed by atoms with Crippen LogP contribution >= 0.6 is 0 Å². The zero-order chi connectivity index (χ0) is 13.8. The molecular weight excluding hydrogens is 243 g/mol. The highest BCUT2D eigenvalue weighted by atomic mass is 19.1. The summed E-state index contributed by atoms with van der Waals surface area (Å²) >= 11 is 0. The Hall–Kier alpha value is -2.43. The first-order valence-electron chi connectivity index (χ1n) is 5.96. The lowest BCUT2D eigenvalue weighted by molar-refractivity contribution is 0.625. The van der Waals surface area contributed by atoms with Crippen molar-refractivity contribution in [2.45, 2.75) is 6.92 Å². The van der Waals surface area contributed by atoms with Gasteiger partial charge in [-0.3, -0.25) is 10.4 Å². The lowest BCUT2D eigenvalue weighted by atomic mass is 10.2. The molecule has 2 aromatic rings. The molecule has 0 amide bonds. The quantitative estimate of drug-likeness (QED) is 0.654. The first-order valence-corrected chi connectivity index (χ1v) is 5.96. The van der Waals surface area contributed by atoms with Crippen LogP contribution in [0.4, 0.5) is 15.8 Å². The summed E-state index contributed by atoms with van der Waals surface area (Å²) in [6, 6.07) is 10.0. The fraction of sp³-hybridized carbons (Fsp3) is 0.143. The SMILES string of the molecule is CCN(c1ccnc(C(=N)N)c1)c1ccccc1F. The average Bonchev–Trinajstić information content (AvgIpc) is 2.42. The van der Waals surface area contributed by atoms with Gasteiger partial charge in [0.15, 0.2) is 0 Å². The second kappa shape index (κ2) is 5.48. The summed E-state index contributed by atoms with van der Waals surface area (Å²) in [5, 5.41) is 7.40. The summed E-state index contributed by atoms with van der Waals surface area (Å²) < 4.78 is 13.8. The van der Waals surface area contributed by atoms with Gasteiger partial charge < -0.3 is 10.6 Å². The number of nitrogens with two attached hydrogens (primary N) is 1. The Labute approximate surface area is 111 Å². The third kappa shape index (κ3) is 2.70. The van der Waals surface area contributed by atoms with Crippen molar-refractivity contribution < 1.29 is 4.39 Å². The van der Waals surface area contributed by atoms with Crippen LogP contribution in [0.25, 0.3) is 0 Å². The van der Waals surface area contributed by atoms with Crippen molar-refractivity contribution in [1.82, 2.24) is 4.98 Å². The minimum Gasteiger partial charge on any atom is -0.382 e. The first kappa shape index (κ1) is 13.0. The molecule has 0 fully saturated rings. The van der Waals surface area contributed by atoms with E-state index >= 15 is 0 Å². The van der Waals surface area contributed by atoms with Gasteiger partial charge in [0.2, 0.25) is 0 Å². The van der Waals surface area contributed by atoms with Crippen molar-refractivity contribution in [2.75, 3.05) is 11.4 Å². The number of amidine groups is 1. The molecule has 1 aromatic carbocycles. The van der Waals surface area contributed by atoms with Crippen molar-refractivity contribution in [3.05, 3.63) is 54.1 Å². The molecule has 0 aliphatic heterocycles. The number of benzene rings is 1. The number of nitrogen functional groups attached to an aromatic ring is 1. The summed E-state index contributed by atoms with van der Waals surface area (Å²) in [6.07, 6.45) is 1.57. The van der Waals surface area contributed by atoms with E-state index in [1.165, 1.54) is 6.07 Å². The molecule has 0 aliphatic carbocycles. The monoisotopic (exact) mass is 258 g/mol. The summed E-state index contributed by atoms with van der Waals surface area (Å²) in [4.78, 5) is 5.81. The normalized spacial score (nSPS) is 10.2. The van der Waals surface area contributed by atoms with Gasteiger partial charge in [-0.05, 0) is 31.2 Å². The first-order chi connectivity index (χ1) is 9.13. The molecule has 1 heterocycles. The van der Waals surface area contributed by atoms with Crippen LogP contribution in [0, 0.1) is 11.2 Å². The van der Waals surface area contributed by atoms with Crippen LogP contribution in [0.5, 0.6) is 0 Å². The molecule has 0 radical (unpaired) electrons. The van der Waals surface area contributed by atoms with Gasteiger partial charge in [0.05, 0.1) is 5.69 Å². The molecule has 0 spiro atoms. The van der Waals surface area contributed by atoms with E-state index in [1.807, 2.05) is 11.8 Å². The maximum atomic E-state index is 13.8. The van der Waals surface area contributed by atoms with Gasteiger partial charge in [0.1, 0.15) is 17.3 Å². The van der Waals surface area contributed by atoms with Crippen LogP contribution < -0.4 is 10.6 Å². The van der Waals surface area contributed by atoms with E-state index in [2.05, 4.69) is 4.98 Å². The van der Waals surface area contributed by atoms with Crippen LogP contribution in [0.3, 0.4) is 0 Å². The second-order valence-electron chi connectivity index (χ2n) is 4.01. The highest BCUT2D eigenvalue weighted by Crippen LogP contribution is 2.27. The zero-order valence-corrected chi connectivity index (χ0v) is 10.6. The van der Waals surface area contributed by atoms with E-state index in [0.717, 1.165) is 5.69 Å². The summed E-state index contributed by atoms with van der Waals surface area (Å²) in [5.74, 6) is -0.392. The lowest BCUT2D eigenvalue weighted by Gasteiger charge is -2.24. The van der Waals surface area contributed by atoms with Crippen LogP contribution in [0.1, 0.15) is 12.6 Å². The van der Waals surface area contributed by atoms with Crippen LogP contribution in [-0.2, 0) is 0 Å². The van der Waals surface area contributed by atoms with E-state index in [1.54, 1.807) is 36.5 Å². The minimum absolute atomic E-state index is 0.105. The molecule has 98 valence electrons. The Morgan fingerprint density at radius 1 is 1.37 bits per heavy atom. The number of nitrogens with zero attached hydrogens (tertiary/aromatic N) is 2. The molecule has 0 atom stereocenters. The highest BCUT2D eigenvalue weighted by molar-refractivity contribution is 5.94. The maximum absolute atomic E-state index is 13.8. The number of nitrogens with one attached hydrogen (secondary N) is 1. The van der Waals surface area contributed by atoms with Crippen molar-refractivity contribution in [1.29, 1.82) is 5.41 Å². The Balaban J connectivity index is 2.45. The largest absolute Gasteiger partial charge is 0.382 e. The van der Waals surface area contributed by atoms with Gasteiger partial charge in [0.25, 0.3) is 0 Å². The summed E-state index contributed by atoms with van der Waals surface area (Å²) in [6.45, 7) is 2.53. The number of rotatable bonds is 4. The molecular formula is C14H15FN4. The van der Waals surface area contributed by atoms with Gasteiger partial charge in [-0.15, -0.1) is 0 Å². The Bertz CT molecular complexity index is 598. The molecule has 19 heavy (non-hydrogen) atoms. The van der Waals surface area contributed by atoms with Crippen LogP contribution in [0.2, 0.25) is 0 Å². The number of hydrogen-bond donors (Lipinski definition) is 2. The predicted octanol–water partition coefficient (Wildman–Crippen LogP) is 2.66. The number of hydrogen-bond acceptors (Lipinski definition) is 3. The Kier molecular flexibility index (Phi) is 3.75. The standard InChI is InChI=1S/C14H15FN4/c1-2-19(13-6-4-3-5-11(13)15)10-7-8-18-12(9-10)14(16)17/h3-9H,2H2,1H3,(H3,16,17). The molecule has 0 bridgehead atoms. The molecule has 2 rings (SSSR count). The number of anilines is 2. The maximum Gasteiger partial charge on any atom is 0.146 e. The van der Waals surface area contributed by atoms with Crippen molar-refractivity contribution in [3.63, 3.8) is 0 Å². The van der Waals surface area contributed by atoms with Crippen LogP contribution in [0.15, 0.2) is 42.6 Å². The van der Waals surface area contributed by atoms with Gasteiger partial charge in [-0.2, -0.15) is 0 Å². The third-order valence-electron chi connectivity index (χ3n) is 2.79. The Morgan fingerprint density at radius 3 is 2.74 bits per heavy atom. The molecule has 0 aliphatic rings. The van der Waals surface area contributed by atoms with E-state index < -0.39 is 0 Å².